The Morgan fingerprint density at radius 3 is 2.33 bits per heavy atom. The fraction of sp³-hybridized carbons (Fsp3) is 0.500. The maximum atomic E-state index is 12.3. The van der Waals surface area contributed by atoms with Crippen LogP contribution in [0.4, 0.5) is 5.69 Å². The summed E-state index contributed by atoms with van der Waals surface area (Å²) in [6, 6.07) is 3.10. The van der Waals surface area contributed by atoms with E-state index < -0.39 is 15.6 Å². The van der Waals surface area contributed by atoms with Crippen molar-refractivity contribution >= 4 is 15.7 Å². The van der Waals surface area contributed by atoms with Crippen LogP contribution in [0.5, 0.6) is 0 Å². The quantitative estimate of drug-likeness (QED) is 0.773. The fourth-order valence-electron chi connectivity index (χ4n) is 2.03. The van der Waals surface area contributed by atoms with Crippen LogP contribution in [-0.4, -0.2) is 36.5 Å². The number of sulfonamides is 1. The smallest absolute Gasteiger partial charge is 0.243 e. The van der Waals surface area contributed by atoms with Gasteiger partial charge in [-0.25, -0.2) is 8.42 Å². The summed E-state index contributed by atoms with van der Waals surface area (Å²) in [5.74, 6) is 0. The number of anilines is 1. The molecule has 1 fully saturated rings. The zero-order valence-electron chi connectivity index (χ0n) is 10.8. The van der Waals surface area contributed by atoms with Crippen molar-refractivity contribution in [1.29, 1.82) is 0 Å². The first-order valence-corrected chi connectivity index (χ1v) is 7.17. The van der Waals surface area contributed by atoms with Gasteiger partial charge in [0.15, 0.2) is 0 Å². The number of nitrogen functional groups attached to an aromatic ring is 1. The highest BCUT2D eigenvalue weighted by molar-refractivity contribution is 7.89. The minimum Gasteiger partial charge on any atom is -0.398 e. The SMILES string of the molecule is Cc1cc(S(=O)(=O)N2CC(C)(O)C2)cc(N)c1C. The second-order valence-corrected chi connectivity index (χ2v) is 7.16. The summed E-state index contributed by atoms with van der Waals surface area (Å²) >= 11 is 0. The van der Waals surface area contributed by atoms with Crippen LogP contribution in [0.2, 0.25) is 0 Å². The van der Waals surface area contributed by atoms with Crippen LogP contribution in [0.25, 0.3) is 0 Å². The summed E-state index contributed by atoms with van der Waals surface area (Å²) in [6.45, 7) is 5.56. The average Bonchev–Trinajstić information content (AvgIpc) is 2.21. The molecule has 5 nitrogen and oxygen atoms in total. The zero-order chi connectivity index (χ0) is 13.7. The molecule has 2 rings (SSSR count). The van der Waals surface area contributed by atoms with Crippen molar-refractivity contribution in [2.45, 2.75) is 31.3 Å². The van der Waals surface area contributed by atoms with Gasteiger partial charge in [-0.15, -0.1) is 0 Å². The molecule has 1 aromatic rings. The minimum absolute atomic E-state index is 0.127. The van der Waals surface area contributed by atoms with E-state index in [1.54, 1.807) is 13.0 Å². The molecule has 0 aliphatic carbocycles. The van der Waals surface area contributed by atoms with E-state index in [0.29, 0.717) is 5.69 Å². The van der Waals surface area contributed by atoms with E-state index in [0.717, 1.165) is 11.1 Å². The summed E-state index contributed by atoms with van der Waals surface area (Å²) in [4.78, 5) is 0.193. The third kappa shape index (κ3) is 2.11. The normalized spacial score (nSPS) is 19.6. The van der Waals surface area contributed by atoms with Crippen LogP contribution in [0, 0.1) is 13.8 Å². The predicted molar refractivity (Wildman–Crippen MR) is 69.7 cm³/mol. The van der Waals surface area contributed by atoms with Crippen LogP contribution < -0.4 is 5.73 Å². The highest BCUT2D eigenvalue weighted by atomic mass is 32.2. The molecule has 1 saturated heterocycles. The van der Waals surface area contributed by atoms with Crippen molar-refractivity contribution in [3.8, 4) is 0 Å². The zero-order valence-corrected chi connectivity index (χ0v) is 11.6. The van der Waals surface area contributed by atoms with Gasteiger partial charge in [0.2, 0.25) is 10.0 Å². The lowest BCUT2D eigenvalue weighted by atomic mass is 10.0. The van der Waals surface area contributed by atoms with E-state index in [1.807, 2.05) is 13.8 Å². The number of hydrogen-bond acceptors (Lipinski definition) is 4. The molecule has 1 aliphatic heterocycles. The number of benzene rings is 1. The van der Waals surface area contributed by atoms with Gasteiger partial charge >= 0.3 is 0 Å². The summed E-state index contributed by atoms with van der Waals surface area (Å²) in [6.07, 6.45) is 0. The number of aliphatic hydroxyl groups is 1. The molecule has 0 unspecified atom stereocenters. The van der Waals surface area contributed by atoms with Crippen LogP contribution in [0.15, 0.2) is 17.0 Å². The Balaban J connectivity index is 2.38. The highest BCUT2D eigenvalue weighted by Crippen LogP contribution is 2.30. The van der Waals surface area contributed by atoms with Gasteiger partial charge in [0, 0.05) is 18.8 Å². The Morgan fingerprint density at radius 1 is 1.33 bits per heavy atom. The standard InChI is InChI=1S/C12H18N2O3S/c1-8-4-10(5-11(13)9(8)2)18(16,17)14-6-12(3,15)7-14/h4-5,15H,6-7,13H2,1-3H3. The van der Waals surface area contributed by atoms with Gasteiger partial charge < -0.3 is 10.8 Å². The van der Waals surface area contributed by atoms with Crippen molar-refractivity contribution in [3.63, 3.8) is 0 Å². The number of aryl methyl sites for hydroxylation is 1. The summed E-state index contributed by atoms with van der Waals surface area (Å²) in [5.41, 5.74) is 7.09. The monoisotopic (exact) mass is 270 g/mol. The van der Waals surface area contributed by atoms with E-state index in [-0.39, 0.29) is 18.0 Å². The maximum absolute atomic E-state index is 12.3. The molecular weight excluding hydrogens is 252 g/mol. The Labute approximate surface area is 107 Å². The topological polar surface area (TPSA) is 83.6 Å². The Bertz CT molecular complexity index is 562. The van der Waals surface area contributed by atoms with Gasteiger partial charge in [-0.05, 0) is 44.0 Å². The van der Waals surface area contributed by atoms with Crippen molar-refractivity contribution in [1.82, 2.24) is 4.31 Å². The van der Waals surface area contributed by atoms with Crippen LogP contribution >= 0.6 is 0 Å². The van der Waals surface area contributed by atoms with Gasteiger partial charge in [0.1, 0.15) is 0 Å². The molecule has 1 aliphatic rings. The molecule has 1 aromatic carbocycles. The first kappa shape index (κ1) is 13.3. The summed E-state index contributed by atoms with van der Waals surface area (Å²) in [5, 5.41) is 9.62. The number of β-amino-alcohol motifs (C(OH)–C–C–N with tert-alkyl or cyclic N) is 1. The first-order valence-electron chi connectivity index (χ1n) is 5.73. The molecule has 0 aromatic heterocycles. The van der Waals surface area contributed by atoms with E-state index in [1.165, 1.54) is 10.4 Å². The van der Waals surface area contributed by atoms with Gasteiger partial charge in [-0.3, -0.25) is 0 Å². The number of rotatable bonds is 2. The number of nitrogens with zero attached hydrogens (tertiary/aromatic N) is 1. The molecule has 6 heteroatoms. The van der Waals surface area contributed by atoms with E-state index in [9.17, 15) is 13.5 Å². The maximum Gasteiger partial charge on any atom is 0.243 e. The van der Waals surface area contributed by atoms with Gasteiger partial charge in [-0.1, -0.05) is 0 Å². The molecule has 1 heterocycles. The molecule has 0 radical (unpaired) electrons. The van der Waals surface area contributed by atoms with E-state index >= 15 is 0 Å². The molecule has 0 spiro atoms. The Morgan fingerprint density at radius 2 is 1.89 bits per heavy atom. The summed E-state index contributed by atoms with van der Waals surface area (Å²) in [7, 11) is -3.54. The van der Waals surface area contributed by atoms with Gasteiger partial charge in [0.05, 0.1) is 10.5 Å². The molecule has 100 valence electrons. The third-order valence-electron chi connectivity index (χ3n) is 3.35. The molecule has 0 saturated carbocycles. The largest absolute Gasteiger partial charge is 0.398 e. The lowest BCUT2D eigenvalue weighted by molar-refractivity contribution is -0.0426. The minimum atomic E-state index is -3.54. The number of nitrogens with two attached hydrogens (primary N) is 1. The second kappa shape index (κ2) is 3.94. The van der Waals surface area contributed by atoms with Crippen molar-refractivity contribution < 1.29 is 13.5 Å². The second-order valence-electron chi connectivity index (χ2n) is 5.22. The van der Waals surface area contributed by atoms with Crippen molar-refractivity contribution in [2.24, 2.45) is 0 Å². The Hall–Kier alpha value is -1.11. The first-order chi connectivity index (χ1) is 8.13. The van der Waals surface area contributed by atoms with Crippen LogP contribution in [0.3, 0.4) is 0 Å². The van der Waals surface area contributed by atoms with Gasteiger partial charge in [-0.2, -0.15) is 4.31 Å². The third-order valence-corrected chi connectivity index (χ3v) is 5.12. The Kier molecular flexibility index (Phi) is 2.92. The highest BCUT2D eigenvalue weighted by Gasteiger charge is 2.43. The molecule has 0 amide bonds. The predicted octanol–water partition coefficient (Wildman–Crippen LogP) is 0.641. The molecule has 3 N–H and O–H groups in total. The number of hydrogen-bond donors (Lipinski definition) is 2. The molecule has 0 atom stereocenters. The average molecular weight is 270 g/mol. The van der Waals surface area contributed by atoms with E-state index in [4.69, 9.17) is 5.73 Å². The van der Waals surface area contributed by atoms with Gasteiger partial charge in [0.25, 0.3) is 0 Å². The van der Waals surface area contributed by atoms with Crippen molar-refractivity contribution in [3.05, 3.63) is 23.3 Å². The molecular formula is C12H18N2O3S. The van der Waals surface area contributed by atoms with E-state index in [2.05, 4.69) is 0 Å². The van der Waals surface area contributed by atoms with Crippen molar-refractivity contribution in [2.75, 3.05) is 18.8 Å². The molecule has 18 heavy (non-hydrogen) atoms. The summed E-state index contributed by atoms with van der Waals surface area (Å²) < 4.78 is 25.8. The van der Waals surface area contributed by atoms with Crippen LogP contribution in [0.1, 0.15) is 18.1 Å². The lowest BCUT2D eigenvalue weighted by Gasteiger charge is -2.42. The fourth-order valence-corrected chi connectivity index (χ4v) is 3.83. The molecule has 0 bridgehead atoms. The lowest BCUT2D eigenvalue weighted by Crippen LogP contribution is -2.61. The van der Waals surface area contributed by atoms with Crippen LogP contribution in [-0.2, 0) is 10.0 Å².